The van der Waals surface area contributed by atoms with Gasteiger partial charge in [-0.05, 0) is 5.56 Å². The molecule has 0 aromatic heterocycles. The zero-order valence-electron chi connectivity index (χ0n) is 10.7. The molecule has 1 aromatic rings. The van der Waals surface area contributed by atoms with Crippen molar-refractivity contribution in [3.63, 3.8) is 0 Å². The van der Waals surface area contributed by atoms with Crippen molar-refractivity contribution in [2.24, 2.45) is 0 Å². The zero-order valence-corrected chi connectivity index (χ0v) is 10.7. The van der Waals surface area contributed by atoms with E-state index in [9.17, 15) is 39.5 Å². The molecule has 0 aliphatic carbocycles. The molecule has 0 atom stereocenters. The summed E-state index contributed by atoms with van der Waals surface area (Å²) in [5.41, 5.74) is 0.296. The van der Waals surface area contributed by atoms with Crippen LogP contribution >= 0.6 is 0 Å². The molecule has 0 aliphatic rings. The van der Waals surface area contributed by atoms with Crippen LogP contribution in [0.5, 0.6) is 0 Å². The predicted octanol–water partition coefficient (Wildman–Crippen LogP) is 5.56. The van der Waals surface area contributed by atoms with Crippen LogP contribution in [-0.2, 0) is 0 Å². The van der Waals surface area contributed by atoms with E-state index in [0.29, 0.717) is 11.6 Å². The largest absolute Gasteiger partial charge is 0.460 e. The molecule has 0 aliphatic heterocycles. The van der Waals surface area contributed by atoms with Crippen molar-refractivity contribution in [2.45, 2.75) is 30.4 Å². The van der Waals surface area contributed by atoms with Crippen LogP contribution in [0, 0.1) is 0 Å². The summed E-state index contributed by atoms with van der Waals surface area (Å²) in [7, 11) is 0. The molecule has 0 amide bonds. The van der Waals surface area contributed by atoms with Gasteiger partial charge >= 0.3 is 23.9 Å². The van der Waals surface area contributed by atoms with Crippen molar-refractivity contribution >= 4 is 6.08 Å². The van der Waals surface area contributed by atoms with E-state index in [-0.39, 0.29) is 0 Å². The van der Waals surface area contributed by atoms with Crippen LogP contribution in [0.1, 0.15) is 12.0 Å². The summed E-state index contributed by atoms with van der Waals surface area (Å²) in [5, 5.41) is 0. The van der Waals surface area contributed by atoms with Gasteiger partial charge in [-0.25, -0.2) is 0 Å². The Kier molecular flexibility index (Phi) is 4.88. The zero-order chi connectivity index (χ0) is 17.2. The summed E-state index contributed by atoms with van der Waals surface area (Å²) in [6, 6.07) is 7.35. The molecule has 0 bridgehead atoms. The summed E-state index contributed by atoms with van der Waals surface area (Å²) in [5.74, 6) is -19.0. The molecular formula is C13H9F9. The van der Waals surface area contributed by atoms with Gasteiger partial charge in [0.25, 0.3) is 0 Å². The smallest absolute Gasteiger partial charge is 0.199 e. The number of hydrogen-bond donors (Lipinski definition) is 0. The summed E-state index contributed by atoms with van der Waals surface area (Å²) < 4.78 is 113. The minimum Gasteiger partial charge on any atom is -0.199 e. The highest BCUT2D eigenvalue weighted by Crippen LogP contribution is 2.54. The monoisotopic (exact) mass is 336 g/mol. The van der Waals surface area contributed by atoms with Gasteiger partial charge in [0, 0.05) is 6.42 Å². The van der Waals surface area contributed by atoms with Gasteiger partial charge in [-0.15, -0.1) is 0 Å². The molecule has 1 aromatic carbocycles. The lowest BCUT2D eigenvalue weighted by Gasteiger charge is -2.33. The molecule has 0 saturated heterocycles. The third kappa shape index (κ3) is 3.38. The first kappa shape index (κ1) is 18.4. The molecule has 0 N–H and O–H groups in total. The molecule has 22 heavy (non-hydrogen) atoms. The van der Waals surface area contributed by atoms with Gasteiger partial charge in [0.15, 0.2) is 0 Å². The Morgan fingerprint density at radius 1 is 0.727 bits per heavy atom. The van der Waals surface area contributed by atoms with E-state index in [1.807, 2.05) is 0 Å². The third-order valence-corrected chi connectivity index (χ3v) is 2.69. The molecule has 0 unspecified atom stereocenters. The second kappa shape index (κ2) is 5.85. The SMILES string of the molecule is FC(F)(F)C(F)(F)C(F)(F)C(F)(F)C/C=C\c1ccccc1. The van der Waals surface area contributed by atoms with Crippen molar-refractivity contribution in [1.29, 1.82) is 0 Å². The fraction of sp³-hybridized carbons (Fsp3) is 0.385. The maximum Gasteiger partial charge on any atom is 0.460 e. The van der Waals surface area contributed by atoms with E-state index < -0.39 is 30.4 Å². The van der Waals surface area contributed by atoms with Gasteiger partial charge in [-0.3, -0.25) is 0 Å². The first-order chi connectivity index (χ1) is 9.83. The Labute approximate surface area is 119 Å². The molecular weight excluding hydrogens is 327 g/mol. The Hall–Kier alpha value is -1.67. The van der Waals surface area contributed by atoms with Crippen LogP contribution in [0.4, 0.5) is 39.5 Å². The third-order valence-electron chi connectivity index (χ3n) is 2.69. The molecule has 0 spiro atoms. The summed E-state index contributed by atoms with van der Waals surface area (Å²) >= 11 is 0. The number of benzene rings is 1. The van der Waals surface area contributed by atoms with Gasteiger partial charge in [-0.2, -0.15) is 39.5 Å². The number of hydrogen-bond acceptors (Lipinski definition) is 0. The molecule has 9 heteroatoms. The molecule has 0 nitrogen and oxygen atoms in total. The molecule has 124 valence electrons. The molecule has 0 radical (unpaired) electrons. The van der Waals surface area contributed by atoms with Crippen molar-refractivity contribution in [1.82, 2.24) is 0 Å². The number of halogens is 9. The van der Waals surface area contributed by atoms with Crippen LogP contribution in [0.2, 0.25) is 0 Å². The van der Waals surface area contributed by atoms with E-state index in [1.165, 1.54) is 24.3 Å². The Bertz CT molecular complexity index is 514. The molecule has 0 fully saturated rings. The first-order valence-electron chi connectivity index (χ1n) is 5.75. The minimum atomic E-state index is -6.84. The quantitative estimate of drug-likeness (QED) is 0.618. The van der Waals surface area contributed by atoms with E-state index in [0.717, 1.165) is 6.08 Å². The Morgan fingerprint density at radius 2 is 1.23 bits per heavy atom. The average Bonchev–Trinajstić information content (AvgIpc) is 2.38. The van der Waals surface area contributed by atoms with Gasteiger partial charge in [0.1, 0.15) is 0 Å². The van der Waals surface area contributed by atoms with E-state index in [4.69, 9.17) is 0 Å². The van der Waals surface area contributed by atoms with Crippen molar-refractivity contribution in [3.05, 3.63) is 42.0 Å². The normalized spacial score (nSPS) is 14.6. The number of allylic oxidation sites excluding steroid dienone is 1. The predicted molar refractivity (Wildman–Crippen MR) is 61.0 cm³/mol. The van der Waals surface area contributed by atoms with Crippen LogP contribution in [0.3, 0.4) is 0 Å². The summed E-state index contributed by atoms with van der Waals surface area (Å²) in [6.45, 7) is 0. The van der Waals surface area contributed by atoms with Crippen molar-refractivity contribution in [2.75, 3.05) is 0 Å². The molecule has 0 saturated carbocycles. The fourth-order valence-corrected chi connectivity index (χ4v) is 1.44. The molecule has 0 heterocycles. The minimum absolute atomic E-state index is 0.296. The van der Waals surface area contributed by atoms with Crippen LogP contribution in [0.15, 0.2) is 36.4 Å². The van der Waals surface area contributed by atoms with Crippen LogP contribution in [-0.4, -0.2) is 23.9 Å². The lowest BCUT2D eigenvalue weighted by molar-refractivity contribution is -0.395. The average molecular weight is 336 g/mol. The van der Waals surface area contributed by atoms with Crippen LogP contribution < -0.4 is 0 Å². The highest BCUT2D eigenvalue weighted by Gasteiger charge is 2.81. The van der Waals surface area contributed by atoms with Gasteiger partial charge < -0.3 is 0 Å². The van der Waals surface area contributed by atoms with Crippen molar-refractivity contribution in [3.8, 4) is 0 Å². The Morgan fingerprint density at radius 3 is 1.68 bits per heavy atom. The number of alkyl halides is 9. The lowest BCUT2D eigenvalue weighted by atomic mass is 10.0. The summed E-state index contributed by atoms with van der Waals surface area (Å²) in [4.78, 5) is 0. The maximum absolute atomic E-state index is 13.1. The van der Waals surface area contributed by atoms with E-state index in [1.54, 1.807) is 6.07 Å². The Balaban J connectivity index is 2.95. The van der Waals surface area contributed by atoms with Crippen molar-refractivity contribution < 1.29 is 39.5 Å². The highest BCUT2D eigenvalue weighted by molar-refractivity contribution is 5.48. The van der Waals surface area contributed by atoms with Gasteiger partial charge in [0.2, 0.25) is 0 Å². The second-order valence-electron chi connectivity index (χ2n) is 4.37. The van der Waals surface area contributed by atoms with Gasteiger partial charge in [-0.1, -0.05) is 42.5 Å². The highest BCUT2D eigenvalue weighted by atomic mass is 19.4. The fourth-order valence-electron chi connectivity index (χ4n) is 1.44. The molecule has 1 rings (SSSR count). The summed E-state index contributed by atoms with van der Waals surface area (Å²) in [6.07, 6.45) is -7.44. The van der Waals surface area contributed by atoms with E-state index in [2.05, 4.69) is 0 Å². The van der Waals surface area contributed by atoms with Crippen LogP contribution in [0.25, 0.3) is 6.08 Å². The van der Waals surface area contributed by atoms with Gasteiger partial charge in [0.05, 0.1) is 0 Å². The second-order valence-corrected chi connectivity index (χ2v) is 4.37. The topological polar surface area (TPSA) is 0 Å². The maximum atomic E-state index is 13.1. The first-order valence-corrected chi connectivity index (χ1v) is 5.75. The number of rotatable bonds is 5. The lowest BCUT2D eigenvalue weighted by Crippen LogP contribution is -2.60. The standard InChI is InChI=1S/C13H9F9/c14-10(15,8-4-7-9-5-2-1-3-6-9)11(16,17)12(18,19)13(20,21)22/h1-7H,8H2/b7-4-. The van der Waals surface area contributed by atoms with E-state index >= 15 is 0 Å².